The van der Waals surface area contributed by atoms with Crippen LogP contribution in [0.15, 0.2) is 49.2 Å². The van der Waals surface area contributed by atoms with Crippen LogP contribution in [0.4, 0.5) is 4.39 Å². The molecular formula is C22H24FN7O2. The van der Waals surface area contributed by atoms with Gasteiger partial charge in [-0.05, 0) is 37.6 Å². The van der Waals surface area contributed by atoms with Crippen LogP contribution in [-0.2, 0) is 11.3 Å². The molecule has 1 atom stereocenters. The Hall–Kier alpha value is -3.92. The van der Waals surface area contributed by atoms with Crippen LogP contribution in [0.1, 0.15) is 18.2 Å². The van der Waals surface area contributed by atoms with Crippen LogP contribution in [-0.4, -0.2) is 54.2 Å². The Balaban J connectivity index is 1.91. The van der Waals surface area contributed by atoms with Gasteiger partial charge in [0.1, 0.15) is 5.84 Å². The van der Waals surface area contributed by atoms with E-state index in [0.717, 1.165) is 10.1 Å². The molecule has 0 bridgehead atoms. The first-order valence-electron chi connectivity index (χ1n) is 9.87. The van der Waals surface area contributed by atoms with Gasteiger partial charge in [0.05, 0.1) is 31.1 Å². The van der Waals surface area contributed by atoms with Crippen molar-refractivity contribution in [3.8, 4) is 11.1 Å². The smallest absolute Gasteiger partial charge is 0.214 e. The molecule has 0 aromatic carbocycles. The second-order valence-electron chi connectivity index (χ2n) is 7.15. The van der Waals surface area contributed by atoms with Gasteiger partial charge in [-0.3, -0.25) is 29.8 Å². The van der Waals surface area contributed by atoms with E-state index in [0.29, 0.717) is 29.8 Å². The largest absolute Gasteiger partial charge is 0.394 e. The molecule has 0 saturated heterocycles. The van der Waals surface area contributed by atoms with Gasteiger partial charge in [0.25, 0.3) is 0 Å². The summed E-state index contributed by atoms with van der Waals surface area (Å²) in [6.45, 7) is 3.71. The number of hydrogen-bond acceptors (Lipinski definition) is 6. The van der Waals surface area contributed by atoms with E-state index in [9.17, 15) is 9.18 Å². The topological polar surface area (TPSA) is 124 Å². The second-order valence-corrected chi connectivity index (χ2v) is 7.15. The number of amides is 1. The van der Waals surface area contributed by atoms with E-state index < -0.39 is 17.3 Å². The molecule has 32 heavy (non-hydrogen) atoms. The van der Waals surface area contributed by atoms with E-state index in [1.54, 1.807) is 25.4 Å². The van der Waals surface area contributed by atoms with Gasteiger partial charge in [0.15, 0.2) is 11.3 Å². The predicted octanol–water partition coefficient (Wildman–Crippen LogP) is 2.01. The Kier molecular flexibility index (Phi) is 7.06. The number of aliphatic hydroxyl groups is 1. The second kappa shape index (κ2) is 9.92. The summed E-state index contributed by atoms with van der Waals surface area (Å²) < 4.78 is 17.1. The highest BCUT2D eigenvalue weighted by Crippen LogP contribution is 2.18. The number of nitrogens with zero attached hydrogens (tertiary/aromatic N) is 5. The Morgan fingerprint density at radius 1 is 1.38 bits per heavy atom. The number of nitrogens with one attached hydrogen (secondary N) is 2. The minimum atomic E-state index is -0.813. The Morgan fingerprint density at radius 3 is 2.84 bits per heavy atom. The molecule has 10 heteroatoms. The van der Waals surface area contributed by atoms with Crippen LogP contribution in [0.5, 0.6) is 0 Å². The van der Waals surface area contributed by atoms with Gasteiger partial charge < -0.3 is 10.0 Å². The van der Waals surface area contributed by atoms with E-state index in [4.69, 9.17) is 15.9 Å². The predicted molar refractivity (Wildman–Crippen MR) is 117 cm³/mol. The van der Waals surface area contributed by atoms with Crippen LogP contribution in [0.25, 0.3) is 17.2 Å². The highest BCUT2D eigenvalue weighted by atomic mass is 19.1. The van der Waals surface area contributed by atoms with Crippen molar-refractivity contribution in [2.45, 2.75) is 26.4 Å². The van der Waals surface area contributed by atoms with Gasteiger partial charge in [-0.2, -0.15) is 5.10 Å². The number of rotatable bonds is 8. The van der Waals surface area contributed by atoms with Crippen LogP contribution >= 0.6 is 0 Å². The zero-order chi connectivity index (χ0) is 23.3. The third-order valence-corrected chi connectivity index (χ3v) is 4.99. The Bertz CT molecular complexity index is 1210. The molecule has 3 N–H and O–H groups in total. The van der Waals surface area contributed by atoms with E-state index in [2.05, 4.69) is 10.1 Å². The molecule has 0 unspecified atom stereocenters. The van der Waals surface area contributed by atoms with Crippen LogP contribution in [0.2, 0.25) is 0 Å². The highest BCUT2D eigenvalue weighted by molar-refractivity contribution is 5.88. The van der Waals surface area contributed by atoms with Gasteiger partial charge >= 0.3 is 0 Å². The lowest BCUT2D eigenvalue weighted by Crippen LogP contribution is -2.42. The maximum Gasteiger partial charge on any atom is 0.214 e. The summed E-state index contributed by atoms with van der Waals surface area (Å²) in [5.74, 6) is -0.973. The number of pyridine rings is 2. The lowest BCUT2D eigenvalue weighted by molar-refractivity contribution is -0.116. The highest BCUT2D eigenvalue weighted by Gasteiger charge is 2.19. The van der Waals surface area contributed by atoms with E-state index in [-0.39, 0.29) is 12.4 Å². The van der Waals surface area contributed by atoms with Crippen molar-refractivity contribution in [1.29, 1.82) is 10.8 Å². The summed E-state index contributed by atoms with van der Waals surface area (Å²) in [4.78, 5) is 17.2. The third-order valence-electron chi connectivity index (χ3n) is 4.99. The minimum Gasteiger partial charge on any atom is -0.394 e. The van der Waals surface area contributed by atoms with Crippen LogP contribution < -0.4 is 5.49 Å². The van der Waals surface area contributed by atoms with Gasteiger partial charge in [0, 0.05) is 35.9 Å². The molecule has 0 fully saturated rings. The molecule has 0 saturated carbocycles. The zero-order valence-electron chi connectivity index (χ0n) is 17.7. The summed E-state index contributed by atoms with van der Waals surface area (Å²) in [5.41, 5.74) is 2.10. The standard InChI is InChI=1S/C22H24FN7O2/c1-15-4-3-6-26-20(15)5-7-28(14-32)16(2)21(24)30-13-17(10-19(23)22(30)25)18-11-27-29(12-18)8-9-31/h3-7,10-14,16,24-25,31H,8-9H2,1-2H3/b7-5-,24-21?,25-22?/t16-/m1/s1. The number of aryl methyl sites for hydroxylation is 1. The Labute approximate surface area is 184 Å². The van der Waals surface area contributed by atoms with Crippen LogP contribution in [0, 0.1) is 23.6 Å². The average molecular weight is 437 g/mol. The van der Waals surface area contributed by atoms with Gasteiger partial charge in [-0.1, -0.05) is 6.07 Å². The molecule has 0 aliphatic rings. The molecule has 0 aliphatic carbocycles. The molecule has 1 amide bonds. The molecule has 0 spiro atoms. The number of aliphatic hydroxyl groups excluding tert-OH is 1. The lowest BCUT2D eigenvalue weighted by Gasteiger charge is -2.24. The molecular weight excluding hydrogens is 413 g/mol. The summed E-state index contributed by atoms with van der Waals surface area (Å²) in [6.07, 6.45) is 9.99. The average Bonchev–Trinajstić information content (AvgIpc) is 3.25. The SMILES string of the molecule is Cc1cccnc1/C=C\N(C=O)[C@H](C)C(=N)n1cc(-c2cnn(CCO)c2)cc(F)c1=N. The first-order valence-corrected chi connectivity index (χ1v) is 9.87. The molecule has 9 nitrogen and oxygen atoms in total. The number of carbonyl (C=O) groups excluding carboxylic acids is 1. The summed E-state index contributed by atoms with van der Waals surface area (Å²) in [5, 5.41) is 29.8. The van der Waals surface area contributed by atoms with Gasteiger partial charge in [-0.15, -0.1) is 0 Å². The molecule has 0 radical (unpaired) electrons. The van der Waals surface area contributed by atoms with Crippen LogP contribution in [0.3, 0.4) is 0 Å². The maximum absolute atomic E-state index is 14.5. The Morgan fingerprint density at radius 2 is 2.16 bits per heavy atom. The monoisotopic (exact) mass is 437 g/mol. The minimum absolute atomic E-state index is 0.0869. The number of aromatic nitrogens is 4. The fraction of sp³-hybridized carbons (Fsp3) is 0.227. The normalized spacial score (nSPS) is 12.1. The lowest BCUT2D eigenvalue weighted by atomic mass is 10.1. The summed E-state index contributed by atoms with van der Waals surface area (Å²) >= 11 is 0. The quantitative estimate of drug-likeness (QED) is 0.283. The molecule has 3 heterocycles. The van der Waals surface area contributed by atoms with Crippen molar-refractivity contribution in [3.05, 3.63) is 71.7 Å². The molecule has 166 valence electrons. The van der Waals surface area contributed by atoms with Crippen molar-refractivity contribution in [3.63, 3.8) is 0 Å². The van der Waals surface area contributed by atoms with Crippen molar-refractivity contribution >= 4 is 18.3 Å². The van der Waals surface area contributed by atoms with Crippen molar-refractivity contribution < 1.29 is 14.3 Å². The third kappa shape index (κ3) is 4.86. The summed E-state index contributed by atoms with van der Waals surface area (Å²) in [7, 11) is 0. The zero-order valence-corrected chi connectivity index (χ0v) is 17.7. The first-order chi connectivity index (χ1) is 15.3. The molecule has 3 rings (SSSR count). The molecule has 3 aromatic rings. The molecule has 0 aliphatic heterocycles. The van der Waals surface area contributed by atoms with E-state index in [1.165, 1.54) is 34.2 Å². The first kappa shape index (κ1) is 22.8. The number of hydrogen-bond donors (Lipinski definition) is 3. The van der Waals surface area contributed by atoms with E-state index in [1.807, 2.05) is 19.1 Å². The van der Waals surface area contributed by atoms with Crippen molar-refractivity contribution in [2.75, 3.05) is 6.61 Å². The van der Waals surface area contributed by atoms with E-state index >= 15 is 0 Å². The maximum atomic E-state index is 14.5. The van der Waals surface area contributed by atoms with Gasteiger partial charge in [-0.25, -0.2) is 4.39 Å². The van der Waals surface area contributed by atoms with Crippen molar-refractivity contribution in [2.24, 2.45) is 0 Å². The fourth-order valence-corrected chi connectivity index (χ4v) is 3.07. The molecule has 3 aromatic heterocycles. The fourth-order valence-electron chi connectivity index (χ4n) is 3.07. The van der Waals surface area contributed by atoms with Gasteiger partial charge in [0.2, 0.25) is 6.41 Å². The summed E-state index contributed by atoms with van der Waals surface area (Å²) in [6, 6.07) is 4.11. The van der Waals surface area contributed by atoms with Crippen molar-refractivity contribution in [1.82, 2.24) is 24.2 Å². The number of carbonyl (C=O) groups is 1. The number of halogens is 1.